The molecule has 0 aliphatic rings. The molecule has 1 aromatic heterocycles. The molecule has 5 nitrogen and oxygen atoms in total. The number of hydrogen-bond donors (Lipinski definition) is 1. The minimum atomic E-state index is -0.340. The topological polar surface area (TPSA) is 59.8 Å². The summed E-state index contributed by atoms with van der Waals surface area (Å²) >= 11 is 1.41. The van der Waals surface area contributed by atoms with Crippen LogP contribution in [0, 0.1) is 13.8 Å². The summed E-state index contributed by atoms with van der Waals surface area (Å²) in [6.45, 7) is 5.94. The zero-order valence-corrected chi connectivity index (χ0v) is 19.3. The molecule has 0 saturated carbocycles. The molecule has 4 aromatic rings. The maximum absolute atomic E-state index is 12.9. The number of amides is 1. The van der Waals surface area contributed by atoms with Crippen LogP contribution in [-0.2, 0) is 11.2 Å². The molecular formula is C26H26N4OS. The average molecular weight is 443 g/mol. The molecule has 4 rings (SSSR count). The van der Waals surface area contributed by atoms with Crippen LogP contribution in [0.5, 0.6) is 0 Å². The molecule has 32 heavy (non-hydrogen) atoms. The first-order valence-electron chi connectivity index (χ1n) is 10.6. The van der Waals surface area contributed by atoms with E-state index in [0.717, 1.165) is 28.3 Å². The number of nitrogens with one attached hydrogen (secondary N) is 1. The van der Waals surface area contributed by atoms with Gasteiger partial charge in [0.15, 0.2) is 5.16 Å². The molecule has 6 heteroatoms. The SMILES string of the molecule is Cc1ccc(-n2c(Cc3ccccc3)nnc2S[C@@H](C)C(=O)Nc2ccccc2C)cc1. The second-order valence-electron chi connectivity index (χ2n) is 7.80. The van der Waals surface area contributed by atoms with Crippen LogP contribution in [0.1, 0.15) is 29.4 Å². The van der Waals surface area contributed by atoms with Crippen molar-refractivity contribution in [2.24, 2.45) is 0 Å². The van der Waals surface area contributed by atoms with E-state index >= 15 is 0 Å². The van der Waals surface area contributed by atoms with E-state index in [0.29, 0.717) is 11.6 Å². The van der Waals surface area contributed by atoms with Crippen LogP contribution in [0.15, 0.2) is 84.0 Å². The molecule has 0 bridgehead atoms. The zero-order chi connectivity index (χ0) is 22.5. The van der Waals surface area contributed by atoms with Crippen molar-refractivity contribution in [2.75, 3.05) is 5.32 Å². The highest BCUT2D eigenvalue weighted by Gasteiger charge is 2.21. The zero-order valence-electron chi connectivity index (χ0n) is 18.4. The van der Waals surface area contributed by atoms with Crippen LogP contribution >= 0.6 is 11.8 Å². The number of benzene rings is 3. The van der Waals surface area contributed by atoms with Gasteiger partial charge in [-0.05, 0) is 50.1 Å². The number of thioether (sulfide) groups is 1. The fourth-order valence-electron chi connectivity index (χ4n) is 3.38. The summed E-state index contributed by atoms with van der Waals surface area (Å²) in [7, 11) is 0. The monoisotopic (exact) mass is 442 g/mol. The average Bonchev–Trinajstić information content (AvgIpc) is 3.18. The Hall–Kier alpha value is -3.38. The molecule has 0 saturated heterocycles. The Morgan fingerprint density at radius 2 is 1.62 bits per heavy atom. The van der Waals surface area contributed by atoms with Crippen molar-refractivity contribution >= 4 is 23.4 Å². The molecule has 1 amide bonds. The lowest BCUT2D eigenvalue weighted by Crippen LogP contribution is -2.23. The first kappa shape index (κ1) is 21.8. The molecule has 0 fully saturated rings. The molecule has 162 valence electrons. The van der Waals surface area contributed by atoms with Crippen molar-refractivity contribution in [1.82, 2.24) is 14.8 Å². The maximum atomic E-state index is 12.9. The van der Waals surface area contributed by atoms with Gasteiger partial charge in [0.05, 0.1) is 5.25 Å². The summed E-state index contributed by atoms with van der Waals surface area (Å²) in [5.74, 6) is 0.779. The number of rotatable bonds is 7. The van der Waals surface area contributed by atoms with Crippen LogP contribution < -0.4 is 5.32 Å². The van der Waals surface area contributed by atoms with Crippen molar-refractivity contribution in [3.63, 3.8) is 0 Å². The summed E-state index contributed by atoms with van der Waals surface area (Å²) in [5.41, 5.74) is 5.20. The quantitative estimate of drug-likeness (QED) is 0.379. The van der Waals surface area contributed by atoms with Crippen LogP contribution in [0.25, 0.3) is 5.69 Å². The second kappa shape index (κ2) is 9.83. The minimum Gasteiger partial charge on any atom is -0.325 e. The summed E-state index contributed by atoms with van der Waals surface area (Å²) in [6, 6.07) is 26.3. The molecule has 0 spiro atoms. The van der Waals surface area contributed by atoms with E-state index in [-0.39, 0.29) is 11.2 Å². The van der Waals surface area contributed by atoms with E-state index in [2.05, 4.69) is 63.4 Å². The summed E-state index contributed by atoms with van der Waals surface area (Å²) < 4.78 is 2.05. The van der Waals surface area contributed by atoms with Crippen LogP contribution in [-0.4, -0.2) is 25.9 Å². The first-order valence-corrected chi connectivity index (χ1v) is 11.5. The van der Waals surface area contributed by atoms with Gasteiger partial charge in [-0.3, -0.25) is 9.36 Å². The third-order valence-corrected chi connectivity index (χ3v) is 6.29. The lowest BCUT2D eigenvalue weighted by atomic mass is 10.1. The minimum absolute atomic E-state index is 0.0626. The summed E-state index contributed by atoms with van der Waals surface area (Å²) in [4.78, 5) is 12.9. The molecule has 0 unspecified atom stereocenters. The standard InChI is InChI=1S/C26H26N4OS/c1-18-13-15-22(16-14-18)30-24(17-21-10-5-4-6-11-21)28-29-26(30)32-20(3)25(31)27-23-12-8-7-9-19(23)2/h4-16,20H,17H2,1-3H3,(H,27,31)/t20-/m0/s1. The van der Waals surface area contributed by atoms with Gasteiger partial charge >= 0.3 is 0 Å². The van der Waals surface area contributed by atoms with Gasteiger partial charge in [0, 0.05) is 17.8 Å². The number of aromatic nitrogens is 3. The lowest BCUT2D eigenvalue weighted by molar-refractivity contribution is -0.115. The van der Waals surface area contributed by atoms with Gasteiger partial charge in [-0.25, -0.2) is 0 Å². The summed E-state index contributed by atoms with van der Waals surface area (Å²) in [6.07, 6.45) is 0.659. The number of anilines is 1. The molecule has 0 aliphatic carbocycles. The molecular weight excluding hydrogens is 416 g/mol. The highest BCUT2D eigenvalue weighted by Crippen LogP contribution is 2.28. The van der Waals surface area contributed by atoms with Gasteiger partial charge < -0.3 is 5.32 Å². The van der Waals surface area contributed by atoms with E-state index in [1.807, 2.05) is 56.3 Å². The Morgan fingerprint density at radius 3 is 2.34 bits per heavy atom. The highest BCUT2D eigenvalue weighted by molar-refractivity contribution is 8.00. The number of nitrogens with zero attached hydrogens (tertiary/aromatic N) is 3. The highest BCUT2D eigenvalue weighted by atomic mass is 32.2. The molecule has 0 radical (unpaired) electrons. The third kappa shape index (κ3) is 5.08. The van der Waals surface area contributed by atoms with Gasteiger partial charge in [-0.2, -0.15) is 0 Å². The maximum Gasteiger partial charge on any atom is 0.237 e. The number of carbonyl (C=O) groups excluding carboxylic acids is 1. The Bertz CT molecular complexity index is 1200. The van der Waals surface area contributed by atoms with Crippen LogP contribution in [0.4, 0.5) is 5.69 Å². The second-order valence-corrected chi connectivity index (χ2v) is 9.10. The lowest BCUT2D eigenvalue weighted by Gasteiger charge is -2.15. The third-order valence-electron chi connectivity index (χ3n) is 5.25. The van der Waals surface area contributed by atoms with Gasteiger partial charge in [-0.15, -0.1) is 10.2 Å². The predicted molar refractivity (Wildman–Crippen MR) is 130 cm³/mol. The van der Waals surface area contributed by atoms with E-state index in [1.54, 1.807) is 0 Å². The smallest absolute Gasteiger partial charge is 0.237 e. The Labute approximate surface area is 192 Å². The Kier molecular flexibility index (Phi) is 6.71. The molecule has 1 atom stereocenters. The van der Waals surface area contributed by atoms with Gasteiger partial charge in [-0.1, -0.05) is 78.0 Å². The van der Waals surface area contributed by atoms with Gasteiger partial charge in [0.25, 0.3) is 0 Å². The number of aryl methyl sites for hydroxylation is 2. The van der Waals surface area contributed by atoms with Crippen molar-refractivity contribution in [2.45, 2.75) is 37.6 Å². The predicted octanol–water partition coefficient (Wildman–Crippen LogP) is 5.59. The van der Waals surface area contributed by atoms with E-state index in [1.165, 1.54) is 17.3 Å². The Morgan fingerprint density at radius 1 is 0.938 bits per heavy atom. The number of para-hydroxylation sites is 1. The van der Waals surface area contributed by atoms with Gasteiger partial charge in [0.2, 0.25) is 5.91 Å². The van der Waals surface area contributed by atoms with Crippen molar-refractivity contribution in [1.29, 1.82) is 0 Å². The fraction of sp³-hybridized carbons (Fsp3) is 0.192. The van der Waals surface area contributed by atoms with E-state index in [4.69, 9.17) is 0 Å². The first-order chi connectivity index (χ1) is 15.5. The molecule has 1 N–H and O–H groups in total. The number of hydrogen-bond acceptors (Lipinski definition) is 4. The molecule has 1 heterocycles. The number of carbonyl (C=O) groups is 1. The normalized spacial score (nSPS) is 11.8. The molecule has 0 aliphatic heterocycles. The fourth-order valence-corrected chi connectivity index (χ4v) is 4.27. The van der Waals surface area contributed by atoms with Crippen LogP contribution in [0.3, 0.4) is 0 Å². The van der Waals surface area contributed by atoms with Crippen molar-refractivity contribution in [3.8, 4) is 5.69 Å². The summed E-state index contributed by atoms with van der Waals surface area (Å²) in [5, 5.41) is 12.3. The van der Waals surface area contributed by atoms with E-state index < -0.39 is 0 Å². The van der Waals surface area contributed by atoms with Crippen LogP contribution in [0.2, 0.25) is 0 Å². The van der Waals surface area contributed by atoms with Crippen molar-refractivity contribution < 1.29 is 4.79 Å². The van der Waals surface area contributed by atoms with E-state index in [9.17, 15) is 4.79 Å². The van der Waals surface area contributed by atoms with Gasteiger partial charge in [0.1, 0.15) is 5.82 Å². The van der Waals surface area contributed by atoms with Crippen molar-refractivity contribution in [3.05, 3.63) is 101 Å². The molecule has 3 aromatic carbocycles. The largest absolute Gasteiger partial charge is 0.325 e. The Balaban J connectivity index is 1.60.